The lowest BCUT2D eigenvalue weighted by atomic mass is 9.89. The van der Waals surface area contributed by atoms with Crippen LogP contribution in [-0.4, -0.2) is 40.9 Å². The van der Waals surface area contributed by atoms with Crippen molar-refractivity contribution in [1.29, 1.82) is 0 Å². The van der Waals surface area contributed by atoms with E-state index in [9.17, 15) is 0 Å². The van der Waals surface area contributed by atoms with Crippen molar-refractivity contribution in [2.75, 3.05) is 18.0 Å². The molecular weight excluding hydrogens is 383 g/mol. The van der Waals surface area contributed by atoms with Gasteiger partial charge in [-0.3, -0.25) is 4.98 Å². The number of anilines is 1. The number of nitrogens with one attached hydrogen (secondary N) is 1. The van der Waals surface area contributed by atoms with Crippen LogP contribution in [0.15, 0.2) is 55.0 Å². The maximum atomic E-state index is 6.39. The van der Waals surface area contributed by atoms with E-state index in [2.05, 4.69) is 25.9 Å². The molecule has 3 N–H and O–H groups in total. The fourth-order valence-electron chi connectivity index (χ4n) is 4.45. The summed E-state index contributed by atoms with van der Waals surface area (Å²) in [5, 5.41) is 0. The van der Waals surface area contributed by atoms with Crippen LogP contribution in [0.25, 0.3) is 22.6 Å². The zero-order valence-corrected chi connectivity index (χ0v) is 17.5. The maximum absolute atomic E-state index is 6.39. The Bertz CT molecular complexity index is 1160. The highest BCUT2D eigenvalue weighted by atomic mass is 15.2. The van der Waals surface area contributed by atoms with Gasteiger partial charge in [0.05, 0.1) is 5.69 Å². The van der Waals surface area contributed by atoms with Crippen LogP contribution in [0.4, 0.5) is 5.69 Å². The van der Waals surface area contributed by atoms with Crippen LogP contribution in [0.1, 0.15) is 24.0 Å². The highest BCUT2D eigenvalue weighted by Gasteiger charge is 2.23. The number of aromatic nitrogens is 4. The Morgan fingerprint density at radius 2 is 1.87 bits per heavy atom. The van der Waals surface area contributed by atoms with E-state index in [1.165, 1.54) is 5.56 Å². The summed E-state index contributed by atoms with van der Waals surface area (Å²) in [5.41, 5.74) is 12.4. The van der Waals surface area contributed by atoms with Crippen LogP contribution >= 0.6 is 0 Å². The number of H-pyrrole nitrogens is 1. The Hall–Kier alpha value is -3.19. The first-order valence-electron chi connectivity index (χ1n) is 10.8. The van der Waals surface area contributed by atoms with E-state index in [1.807, 2.05) is 42.7 Å². The average molecular weight is 408 g/mol. The molecule has 1 fully saturated rings. The quantitative estimate of drug-likeness (QED) is 0.496. The van der Waals surface area contributed by atoms with Crippen molar-refractivity contribution >= 4 is 30.2 Å². The zero-order chi connectivity index (χ0) is 21.2. The van der Waals surface area contributed by atoms with Gasteiger partial charge in [-0.15, -0.1) is 0 Å². The molecule has 1 aliphatic heterocycles. The van der Waals surface area contributed by atoms with Gasteiger partial charge < -0.3 is 15.6 Å². The minimum atomic E-state index is 0.527. The second-order valence-corrected chi connectivity index (χ2v) is 8.24. The number of nitrogens with zero attached hydrogens (tertiary/aromatic N) is 4. The first-order chi connectivity index (χ1) is 15.2. The molecule has 5 rings (SSSR count). The van der Waals surface area contributed by atoms with Crippen molar-refractivity contribution in [3.05, 3.63) is 66.1 Å². The van der Waals surface area contributed by atoms with Gasteiger partial charge >= 0.3 is 0 Å². The van der Waals surface area contributed by atoms with E-state index in [0.29, 0.717) is 23.6 Å². The lowest BCUT2D eigenvalue weighted by Crippen LogP contribution is -2.37. The highest BCUT2D eigenvalue weighted by molar-refractivity contribution is 6.37. The molecule has 0 aliphatic carbocycles. The van der Waals surface area contributed by atoms with Crippen LogP contribution in [0.2, 0.25) is 0 Å². The van der Waals surface area contributed by atoms with Crippen molar-refractivity contribution in [1.82, 2.24) is 19.9 Å². The van der Waals surface area contributed by atoms with E-state index in [-0.39, 0.29) is 0 Å². The molecule has 154 valence electrons. The van der Waals surface area contributed by atoms with E-state index in [0.717, 1.165) is 60.5 Å². The molecule has 0 bridgehead atoms. The number of benzene rings is 1. The summed E-state index contributed by atoms with van der Waals surface area (Å²) in [7, 11) is 6.39. The number of rotatable bonds is 5. The standard InChI is InChI=1S/C24H25BN6/c25-20-15-28-24-21(29-23(30-24)19-5-3-17(13-26)4-6-19)22(20)31-10-7-16(8-11-31)12-18-2-1-9-27-14-18/h1-6,9,14-16H,7-8,10-13,26H2,(H,28,29,30). The second-order valence-electron chi connectivity index (χ2n) is 8.24. The van der Waals surface area contributed by atoms with Gasteiger partial charge in [-0.25, -0.2) is 9.97 Å². The summed E-state index contributed by atoms with van der Waals surface area (Å²) in [6.07, 6.45) is 8.86. The molecule has 0 unspecified atom stereocenters. The molecule has 3 aromatic heterocycles. The van der Waals surface area contributed by atoms with Crippen LogP contribution in [0.3, 0.4) is 0 Å². The first kappa shape index (κ1) is 19.8. The van der Waals surface area contributed by atoms with Gasteiger partial charge in [-0.2, -0.15) is 0 Å². The lowest BCUT2D eigenvalue weighted by molar-refractivity contribution is 0.404. The van der Waals surface area contributed by atoms with E-state index < -0.39 is 0 Å². The van der Waals surface area contributed by atoms with Gasteiger partial charge in [0.1, 0.15) is 19.2 Å². The van der Waals surface area contributed by atoms with E-state index in [4.69, 9.17) is 18.6 Å². The fourth-order valence-corrected chi connectivity index (χ4v) is 4.45. The minimum absolute atomic E-state index is 0.527. The van der Waals surface area contributed by atoms with Gasteiger partial charge in [0, 0.05) is 43.8 Å². The Labute approximate surface area is 183 Å². The molecule has 2 radical (unpaired) electrons. The number of hydrogen-bond acceptors (Lipinski definition) is 5. The number of piperidine rings is 1. The third-order valence-electron chi connectivity index (χ3n) is 6.16. The van der Waals surface area contributed by atoms with E-state index in [1.54, 1.807) is 6.20 Å². The van der Waals surface area contributed by atoms with Gasteiger partial charge in [0.15, 0.2) is 5.65 Å². The summed E-state index contributed by atoms with van der Waals surface area (Å²) in [5.74, 6) is 1.46. The Morgan fingerprint density at radius 3 is 2.58 bits per heavy atom. The first-order valence-corrected chi connectivity index (χ1v) is 10.8. The predicted molar refractivity (Wildman–Crippen MR) is 125 cm³/mol. The van der Waals surface area contributed by atoms with Gasteiger partial charge in [-0.1, -0.05) is 35.8 Å². The number of imidazole rings is 1. The summed E-state index contributed by atoms with van der Waals surface area (Å²) >= 11 is 0. The summed E-state index contributed by atoms with van der Waals surface area (Å²) in [6, 6.07) is 12.3. The lowest BCUT2D eigenvalue weighted by Gasteiger charge is -2.34. The molecule has 1 aromatic carbocycles. The fraction of sp³-hybridized carbons (Fsp3) is 0.292. The van der Waals surface area contributed by atoms with Crippen molar-refractivity contribution < 1.29 is 0 Å². The molecule has 31 heavy (non-hydrogen) atoms. The Balaban J connectivity index is 1.38. The largest absolute Gasteiger partial charge is 0.370 e. The van der Waals surface area contributed by atoms with Crippen LogP contribution in [0.5, 0.6) is 0 Å². The molecule has 1 aliphatic rings. The zero-order valence-electron chi connectivity index (χ0n) is 17.5. The van der Waals surface area contributed by atoms with Crippen molar-refractivity contribution in [3.8, 4) is 11.4 Å². The van der Waals surface area contributed by atoms with Gasteiger partial charge in [0.2, 0.25) is 0 Å². The summed E-state index contributed by atoms with van der Waals surface area (Å²) in [6.45, 7) is 2.46. The second kappa shape index (κ2) is 8.51. The average Bonchev–Trinajstić information content (AvgIpc) is 3.25. The van der Waals surface area contributed by atoms with Crippen LogP contribution < -0.4 is 16.1 Å². The Morgan fingerprint density at radius 1 is 1.06 bits per heavy atom. The topological polar surface area (TPSA) is 83.7 Å². The summed E-state index contributed by atoms with van der Waals surface area (Å²) < 4.78 is 0. The molecular formula is C24H25BN6. The molecule has 1 saturated heterocycles. The normalized spacial score (nSPS) is 14.9. The van der Waals surface area contributed by atoms with Crippen molar-refractivity contribution in [3.63, 3.8) is 0 Å². The number of hydrogen-bond donors (Lipinski definition) is 2. The van der Waals surface area contributed by atoms with E-state index >= 15 is 0 Å². The number of nitrogens with two attached hydrogens (primary N) is 1. The molecule has 0 atom stereocenters. The Kier molecular flexibility index (Phi) is 5.43. The number of aromatic amines is 1. The number of fused-ring (bicyclic) bond motifs is 1. The molecule has 4 heterocycles. The summed E-state index contributed by atoms with van der Waals surface area (Å²) in [4.78, 5) is 19.3. The molecule has 0 amide bonds. The van der Waals surface area contributed by atoms with Gasteiger partial charge in [0.25, 0.3) is 0 Å². The molecule has 0 saturated carbocycles. The maximum Gasteiger partial charge on any atom is 0.180 e. The number of pyridine rings is 2. The SMILES string of the molecule is [B]c1cnc2nc(-c3ccc(CN)cc3)[nH]c2c1N1CCC(Cc2cccnc2)CC1. The third kappa shape index (κ3) is 4.05. The van der Waals surface area contributed by atoms with Crippen molar-refractivity contribution in [2.45, 2.75) is 25.8 Å². The van der Waals surface area contributed by atoms with Gasteiger partial charge in [-0.05, 0) is 42.4 Å². The minimum Gasteiger partial charge on any atom is -0.370 e. The van der Waals surface area contributed by atoms with Crippen LogP contribution in [0, 0.1) is 5.92 Å². The predicted octanol–water partition coefficient (Wildman–Crippen LogP) is 2.73. The molecule has 6 nitrogen and oxygen atoms in total. The third-order valence-corrected chi connectivity index (χ3v) is 6.16. The molecule has 7 heteroatoms. The van der Waals surface area contributed by atoms with Crippen LogP contribution in [-0.2, 0) is 13.0 Å². The molecule has 0 spiro atoms. The smallest absolute Gasteiger partial charge is 0.180 e. The monoisotopic (exact) mass is 408 g/mol. The molecule has 4 aromatic rings. The highest BCUT2D eigenvalue weighted by Crippen LogP contribution is 2.30. The van der Waals surface area contributed by atoms with Crippen molar-refractivity contribution in [2.24, 2.45) is 11.7 Å².